The van der Waals surface area contributed by atoms with Gasteiger partial charge in [-0.3, -0.25) is 0 Å². The predicted octanol–water partition coefficient (Wildman–Crippen LogP) is 2.24. The van der Waals surface area contributed by atoms with E-state index in [1.807, 2.05) is 34.6 Å². The lowest BCUT2D eigenvalue weighted by atomic mass is 9.83. The highest BCUT2D eigenvalue weighted by molar-refractivity contribution is 5.90. The molecule has 0 radical (unpaired) electrons. The minimum atomic E-state index is -1.16. The van der Waals surface area contributed by atoms with Gasteiger partial charge in [0.2, 0.25) is 0 Å². The molecule has 0 heterocycles. The van der Waals surface area contributed by atoms with Crippen LogP contribution in [0.1, 0.15) is 34.6 Å². The van der Waals surface area contributed by atoms with Gasteiger partial charge >= 0.3 is 11.9 Å². The highest BCUT2D eigenvalue weighted by Crippen LogP contribution is 2.27. The Morgan fingerprint density at radius 2 is 1.69 bits per heavy atom. The minimum absolute atomic E-state index is 0.190. The summed E-state index contributed by atoms with van der Waals surface area (Å²) in [5.41, 5.74) is -0.603. The van der Waals surface area contributed by atoms with Gasteiger partial charge in [-0.1, -0.05) is 20.8 Å². The number of carboxylic acids is 1. The average Bonchev–Trinajstić information content (AvgIpc) is 2.12. The SMILES string of the molecule is CC(C)C(C)C(C)(C)OC(=O)/C=C/C(=O)O. The molecular weight excluding hydrogens is 208 g/mol. The second kappa shape index (κ2) is 5.68. The number of carboxylic acid groups (broad SMARTS) is 1. The van der Waals surface area contributed by atoms with Crippen LogP contribution in [0.2, 0.25) is 0 Å². The monoisotopic (exact) mass is 228 g/mol. The Morgan fingerprint density at radius 3 is 2.06 bits per heavy atom. The average molecular weight is 228 g/mol. The summed E-state index contributed by atoms with van der Waals surface area (Å²) >= 11 is 0. The third-order valence-electron chi connectivity index (χ3n) is 2.82. The van der Waals surface area contributed by atoms with Gasteiger partial charge in [-0.2, -0.15) is 0 Å². The number of hydrogen-bond donors (Lipinski definition) is 1. The predicted molar refractivity (Wildman–Crippen MR) is 60.9 cm³/mol. The summed E-state index contributed by atoms with van der Waals surface area (Å²) in [6.45, 7) is 9.74. The lowest BCUT2D eigenvalue weighted by Gasteiger charge is -2.33. The van der Waals surface area contributed by atoms with Crippen LogP contribution in [-0.4, -0.2) is 22.6 Å². The summed E-state index contributed by atoms with van der Waals surface area (Å²) in [5.74, 6) is -1.22. The van der Waals surface area contributed by atoms with E-state index in [4.69, 9.17) is 9.84 Å². The van der Waals surface area contributed by atoms with E-state index in [9.17, 15) is 9.59 Å². The maximum Gasteiger partial charge on any atom is 0.331 e. The van der Waals surface area contributed by atoms with Crippen molar-refractivity contribution in [3.63, 3.8) is 0 Å². The van der Waals surface area contributed by atoms with Crippen molar-refractivity contribution in [2.24, 2.45) is 11.8 Å². The second-order valence-electron chi connectivity index (χ2n) is 4.73. The molecule has 0 saturated heterocycles. The van der Waals surface area contributed by atoms with Crippen molar-refractivity contribution in [3.8, 4) is 0 Å². The molecule has 16 heavy (non-hydrogen) atoms. The molecule has 0 saturated carbocycles. The molecule has 0 spiro atoms. The van der Waals surface area contributed by atoms with E-state index in [0.717, 1.165) is 12.2 Å². The van der Waals surface area contributed by atoms with Crippen LogP contribution in [0.3, 0.4) is 0 Å². The number of esters is 1. The number of aliphatic carboxylic acids is 1. The molecule has 0 aliphatic rings. The Kier molecular flexibility index (Phi) is 5.21. The van der Waals surface area contributed by atoms with Gasteiger partial charge in [-0.05, 0) is 25.7 Å². The second-order valence-corrected chi connectivity index (χ2v) is 4.73. The van der Waals surface area contributed by atoms with E-state index in [-0.39, 0.29) is 5.92 Å². The van der Waals surface area contributed by atoms with Crippen LogP contribution in [0, 0.1) is 11.8 Å². The van der Waals surface area contributed by atoms with Crippen LogP contribution in [0.15, 0.2) is 12.2 Å². The first-order valence-corrected chi connectivity index (χ1v) is 5.30. The zero-order valence-electron chi connectivity index (χ0n) is 10.5. The fourth-order valence-electron chi connectivity index (χ4n) is 1.33. The lowest BCUT2D eigenvalue weighted by molar-refractivity contribution is -0.156. The minimum Gasteiger partial charge on any atom is -0.478 e. The largest absolute Gasteiger partial charge is 0.478 e. The van der Waals surface area contributed by atoms with Crippen LogP contribution >= 0.6 is 0 Å². The smallest absolute Gasteiger partial charge is 0.331 e. The molecule has 1 atom stereocenters. The number of carbonyl (C=O) groups excluding carboxylic acids is 1. The van der Waals surface area contributed by atoms with Gasteiger partial charge in [0, 0.05) is 12.2 Å². The number of ether oxygens (including phenoxy) is 1. The molecule has 0 rings (SSSR count). The summed E-state index contributed by atoms with van der Waals surface area (Å²) < 4.78 is 5.22. The highest BCUT2D eigenvalue weighted by Gasteiger charge is 2.31. The van der Waals surface area contributed by atoms with Crippen molar-refractivity contribution in [1.29, 1.82) is 0 Å². The Labute approximate surface area is 96.3 Å². The molecule has 0 fully saturated rings. The number of carbonyl (C=O) groups is 2. The van der Waals surface area contributed by atoms with E-state index >= 15 is 0 Å². The molecule has 0 aromatic heterocycles. The van der Waals surface area contributed by atoms with E-state index in [1.54, 1.807) is 0 Å². The van der Waals surface area contributed by atoms with E-state index < -0.39 is 17.5 Å². The summed E-state index contributed by atoms with van der Waals surface area (Å²) in [4.78, 5) is 21.5. The first-order chi connectivity index (χ1) is 7.16. The molecule has 0 aliphatic heterocycles. The maximum atomic E-state index is 11.3. The summed E-state index contributed by atoms with van der Waals surface area (Å²) in [5, 5.41) is 8.36. The zero-order chi connectivity index (χ0) is 12.9. The third-order valence-corrected chi connectivity index (χ3v) is 2.82. The summed E-state index contributed by atoms with van der Waals surface area (Å²) in [6.07, 6.45) is 1.70. The fourth-order valence-corrected chi connectivity index (χ4v) is 1.33. The van der Waals surface area contributed by atoms with Crippen molar-refractivity contribution in [2.75, 3.05) is 0 Å². The van der Waals surface area contributed by atoms with Crippen molar-refractivity contribution >= 4 is 11.9 Å². The normalized spacial score (nSPS) is 14.1. The number of hydrogen-bond acceptors (Lipinski definition) is 3. The van der Waals surface area contributed by atoms with Crippen LogP contribution < -0.4 is 0 Å². The standard InChI is InChI=1S/C12H20O4/c1-8(2)9(3)12(4,5)16-11(15)7-6-10(13)14/h6-9H,1-5H3,(H,13,14)/b7-6+. The topological polar surface area (TPSA) is 63.6 Å². The molecule has 0 amide bonds. The maximum absolute atomic E-state index is 11.3. The van der Waals surface area contributed by atoms with Gasteiger partial charge in [0.15, 0.2) is 0 Å². The van der Waals surface area contributed by atoms with E-state index in [2.05, 4.69) is 0 Å². The first-order valence-electron chi connectivity index (χ1n) is 5.30. The van der Waals surface area contributed by atoms with Gasteiger partial charge in [0.05, 0.1) is 0 Å². The Balaban J connectivity index is 4.47. The molecule has 92 valence electrons. The van der Waals surface area contributed by atoms with Crippen molar-refractivity contribution in [3.05, 3.63) is 12.2 Å². The van der Waals surface area contributed by atoms with E-state index in [0.29, 0.717) is 5.92 Å². The van der Waals surface area contributed by atoms with Crippen molar-refractivity contribution < 1.29 is 19.4 Å². The van der Waals surface area contributed by atoms with Crippen molar-refractivity contribution in [2.45, 2.75) is 40.2 Å². The summed E-state index contributed by atoms with van der Waals surface area (Å²) in [6, 6.07) is 0. The molecule has 0 aliphatic carbocycles. The van der Waals surface area contributed by atoms with Gasteiger partial charge in [0.1, 0.15) is 5.60 Å². The molecule has 0 aromatic carbocycles. The Morgan fingerprint density at radius 1 is 1.19 bits per heavy atom. The van der Waals surface area contributed by atoms with Gasteiger partial charge < -0.3 is 9.84 Å². The molecule has 4 heteroatoms. The number of rotatable bonds is 5. The summed E-state index contributed by atoms with van der Waals surface area (Å²) in [7, 11) is 0. The van der Waals surface area contributed by atoms with Crippen LogP contribution in [-0.2, 0) is 14.3 Å². The van der Waals surface area contributed by atoms with Gasteiger partial charge in [-0.25, -0.2) is 9.59 Å². The first kappa shape index (κ1) is 14.7. The molecular formula is C12H20O4. The van der Waals surface area contributed by atoms with E-state index in [1.165, 1.54) is 0 Å². The highest BCUT2D eigenvalue weighted by atomic mass is 16.6. The van der Waals surface area contributed by atoms with Gasteiger partial charge in [0.25, 0.3) is 0 Å². The zero-order valence-corrected chi connectivity index (χ0v) is 10.5. The molecule has 4 nitrogen and oxygen atoms in total. The molecule has 1 N–H and O–H groups in total. The fraction of sp³-hybridized carbons (Fsp3) is 0.667. The van der Waals surface area contributed by atoms with Crippen LogP contribution in [0.5, 0.6) is 0 Å². The Bertz CT molecular complexity index is 289. The van der Waals surface area contributed by atoms with Crippen LogP contribution in [0.25, 0.3) is 0 Å². The molecule has 0 aromatic rings. The molecule has 1 unspecified atom stereocenters. The Hall–Kier alpha value is -1.32. The van der Waals surface area contributed by atoms with Crippen molar-refractivity contribution in [1.82, 2.24) is 0 Å². The third kappa shape index (κ3) is 4.96. The van der Waals surface area contributed by atoms with Gasteiger partial charge in [-0.15, -0.1) is 0 Å². The quantitative estimate of drug-likeness (QED) is 0.579. The lowest BCUT2D eigenvalue weighted by Crippen LogP contribution is -2.37. The molecule has 0 bridgehead atoms. The van der Waals surface area contributed by atoms with Crippen LogP contribution in [0.4, 0.5) is 0 Å².